The van der Waals surface area contributed by atoms with Gasteiger partial charge < -0.3 is 26.6 Å². The molecule has 12 heteroatoms. The standard InChI is InChI=1S/C20H26F3N7O.C4H9N/c1-4-14(5-6-24-11-31)29-19-17(9-25-20(30-19)28-12(2)3)26-10-27-18-15(22)7-13(21)8-16(18)23;1-2-4-5-3-1/h7-12,14H,4-6H2,1-3H3,(H,24,31)(H,26,27)(H2,25,28,29,30);5H,1-4H2. The molecule has 5 N–H and O–H groups in total. The van der Waals surface area contributed by atoms with Crippen LogP contribution in [0.4, 0.5) is 36.3 Å². The van der Waals surface area contributed by atoms with Gasteiger partial charge in [-0.15, -0.1) is 0 Å². The van der Waals surface area contributed by atoms with E-state index in [-0.39, 0.29) is 12.1 Å². The molecule has 1 aromatic heterocycles. The summed E-state index contributed by atoms with van der Waals surface area (Å²) in [6.45, 7) is 8.87. The molecule has 1 fully saturated rings. The minimum Gasteiger partial charge on any atom is -0.365 e. The number of halogens is 3. The lowest BCUT2D eigenvalue weighted by Crippen LogP contribution is -2.26. The average molecular weight is 509 g/mol. The highest BCUT2D eigenvalue weighted by Crippen LogP contribution is 2.24. The quantitative estimate of drug-likeness (QED) is 0.126. The second kappa shape index (κ2) is 15.6. The van der Waals surface area contributed by atoms with Crippen LogP contribution >= 0.6 is 0 Å². The maximum absolute atomic E-state index is 13.8. The summed E-state index contributed by atoms with van der Waals surface area (Å²) in [7, 11) is 0. The summed E-state index contributed by atoms with van der Waals surface area (Å²) in [5, 5.41) is 15.0. The van der Waals surface area contributed by atoms with Crippen molar-refractivity contribution in [2.24, 2.45) is 4.99 Å². The Hall–Kier alpha value is -3.41. The number of aromatic nitrogens is 2. The molecule has 2 aromatic rings. The third-order valence-electron chi connectivity index (χ3n) is 5.11. The Morgan fingerprint density at radius 1 is 1.14 bits per heavy atom. The van der Waals surface area contributed by atoms with Crippen LogP contribution in [0.2, 0.25) is 0 Å². The van der Waals surface area contributed by atoms with Crippen molar-refractivity contribution in [3.63, 3.8) is 0 Å². The molecule has 0 aliphatic carbocycles. The van der Waals surface area contributed by atoms with E-state index in [0.29, 0.717) is 49.0 Å². The molecule has 198 valence electrons. The third kappa shape index (κ3) is 10.1. The molecule has 0 spiro atoms. The first-order chi connectivity index (χ1) is 17.3. The molecule has 1 saturated heterocycles. The lowest BCUT2D eigenvalue weighted by Gasteiger charge is -2.20. The predicted molar refractivity (Wildman–Crippen MR) is 137 cm³/mol. The molecule has 3 rings (SSSR count). The second-order valence-corrected chi connectivity index (χ2v) is 8.44. The van der Waals surface area contributed by atoms with Gasteiger partial charge in [-0.2, -0.15) is 4.98 Å². The molecule has 0 bridgehead atoms. The number of aliphatic imine (C=N–C) groups is 1. The predicted octanol–water partition coefficient (Wildman–Crippen LogP) is 4.18. The number of benzene rings is 1. The molecule has 1 atom stereocenters. The summed E-state index contributed by atoms with van der Waals surface area (Å²) in [5.41, 5.74) is -0.198. The number of carbonyl (C=O) groups is 1. The van der Waals surface area contributed by atoms with Gasteiger partial charge >= 0.3 is 0 Å². The zero-order valence-electron chi connectivity index (χ0n) is 20.9. The molecule has 1 aliphatic heterocycles. The fourth-order valence-corrected chi connectivity index (χ4v) is 3.26. The molecule has 9 nitrogen and oxygen atoms in total. The van der Waals surface area contributed by atoms with Gasteiger partial charge in [0.05, 0.1) is 12.5 Å². The minimum absolute atomic E-state index is 0.00118. The van der Waals surface area contributed by atoms with Crippen LogP contribution in [0.1, 0.15) is 46.5 Å². The van der Waals surface area contributed by atoms with Crippen LogP contribution in [-0.4, -0.2) is 54.4 Å². The highest BCUT2D eigenvalue weighted by Gasteiger charge is 2.13. The normalized spacial score (nSPS) is 13.8. The Bertz CT molecular complexity index is 955. The number of rotatable bonds is 12. The third-order valence-corrected chi connectivity index (χ3v) is 5.11. The Morgan fingerprint density at radius 2 is 1.83 bits per heavy atom. The summed E-state index contributed by atoms with van der Waals surface area (Å²) >= 11 is 0. The Morgan fingerprint density at radius 3 is 2.39 bits per heavy atom. The number of anilines is 3. The van der Waals surface area contributed by atoms with Crippen LogP contribution in [0.3, 0.4) is 0 Å². The van der Waals surface area contributed by atoms with Crippen molar-refractivity contribution in [2.45, 2.75) is 58.5 Å². The Labute approximate surface area is 209 Å². The monoisotopic (exact) mass is 508 g/mol. The van der Waals surface area contributed by atoms with Gasteiger partial charge in [0.25, 0.3) is 0 Å². The van der Waals surface area contributed by atoms with Gasteiger partial charge in [0.15, 0.2) is 17.5 Å². The fraction of sp³-hybridized carbons (Fsp3) is 0.500. The summed E-state index contributed by atoms with van der Waals surface area (Å²) in [4.78, 5) is 22.9. The SMILES string of the molecule is C1CCNC1.CCC(CCNC=O)Nc1nc(NC(C)C)ncc1NC=Nc1c(F)cc(F)cc1F. The molecular weight excluding hydrogens is 473 g/mol. The van der Waals surface area contributed by atoms with E-state index >= 15 is 0 Å². The number of hydrogen-bond donors (Lipinski definition) is 5. The van der Waals surface area contributed by atoms with Gasteiger partial charge in [0.2, 0.25) is 12.4 Å². The van der Waals surface area contributed by atoms with Gasteiger partial charge in [0, 0.05) is 30.8 Å². The zero-order valence-corrected chi connectivity index (χ0v) is 20.9. The molecule has 36 heavy (non-hydrogen) atoms. The van der Waals surface area contributed by atoms with E-state index in [1.807, 2.05) is 20.8 Å². The molecule has 1 unspecified atom stereocenters. The van der Waals surface area contributed by atoms with Gasteiger partial charge in [-0.05, 0) is 52.6 Å². The van der Waals surface area contributed by atoms with Crippen LogP contribution in [0.5, 0.6) is 0 Å². The van der Waals surface area contributed by atoms with Crippen molar-refractivity contribution in [1.82, 2.24) is 20.6 Å². The van der Waals surface area contributed by atoms with E-state index in [2.05, 4.69) is 41.5 Å². The minimum atomic E-state index is -1.12. The lowest BCUT2D eigenvalue weighted by molar-refractivity contribution is -0.109. The first-order valence-electron chi connectivity index (χ1n) is 12.1. The second-order valence-electron chi connectivity index (χ2n) is 8.44. The van der Waals surface area contributed by atoms with Gasteiger partial charge in [-0.3, -0.25) is 4.79 Å². The molecule has 1 amide bonds. The summed E-state index contributed by atoms with van der Waals surface area (Å²) in [6, 6.07) is 1.21. The zero-order chi connectivity index (χ0) is 26.3. The van der Waals surface area contributed by atoms with E-state index in [1.165, 1.54) is 32.1 Å². The molecule has 0 radical (unpaired) electrons. The number of nitrogens with zero attached hydrogens (tertiary/aromatic N) is 3. The van der Waals surface area contributed by atoms with E-state index in [1.54, 1.807) is 0 Å². The number of amides is 1. The average Bonchev–Trinajstić information content (AvgIpc) is 3.41. The first-order valence-corrected chi connectivity index (χ1v) is 12.1. The topological polar surface area (TPSA) is 115 Å². The number of carbonyl (C=O) groups excluding carboxylic acids is 1. The highest BCUT2D eigenvalue weighted by atomic mass is 19.1. The van der Waals surface area contributed by atoms with Crippen molar-refractivity contribution < 1.29 is 18.0 Å². The molecular formula is C24H35F3N8O. The Balaban J connectivity index is 0.000000809. The fourth-order valence-electron chi connectivity index (χ4n) is 3.26. The van der Waals surface area contributed by atoms with Gasteiger partial charge in [-0.1, -0.05) is 6.92 Å². The van der Waals surface area contributed by atoms with Crippen molar-refractivity contribution in [2.75, 3.05) is 35.6 Å². The van der Waals surface area contributed by atoms with Crippen molar-refractivity contribution in [1.29, 1.82) is 0 Å². The molecule has 0 saturated carbocycles. The number of nitrogens with one attached hydrogen (secondary N) is 5. The Kier molecular flexibility index (Phi) is 12.5. The smallest absolute Gasteiger partial charge is 0.224 e. The van der Waals surface area contributed by atoms with E-state index in [4.69, 9.17) is 0 Å². The first kappa shape index (κ1) is 28.8. The summed E-state index contributed by atoms with van der Waals surface area (Å²) in [6.07, 6.45) is 7.41. The lowest BCUT2D eigenvalue weighted by atomic mass is 10.1. The summed E-state index contributed by atoms with van der Waals surface area (Å²) < 4.78 is 40.6. The van der Waals surface area contributed by atoms with Crippen LogP contribution in [0, 0.1) is 17.5 Å². The molecule has 2 heterocycles. The maximum Gasteiger partial charge on any atom is 0.224 e. The van der Waals surface area contributed by atoms with Crippen molar-refractivity contribution in [3.8, 4) is 0 Å². The van der Waals surface area contributed by atoms with Crippen molar-refractivity contribution >= 4 is 35.9 Å². The molecule has 1 aliphatic rings. The largest absolute Gasteiger partial charge is 0.365 e. The van der Waals surface area contributed by atoms with Crippen LogP contribution in [-0.2, 0) is 4.79 Å². The van der Waals surface area contributed by atoms with E-state index in [9.17, 15) is 18.0 Å². The molecule has 1 aromatic carbocycles. The number of hydrogen-bond acceptors (Lipinski definition) is 7. The maximum atomic E-state index is 13.8. The van der Waals surface area contributed by atoms with Gasteiger partial charge in [0.1, 0.15) is 17.2 Å². The van der Waals surface area contributed by atoms with Crippen molar-refractivity contribution in [3.05, 3.63) is 35.8 Å². The van der Waals surface area contributed by atoms with Crippen LogP contribution in [0.25, 0.3) is 0 Å². The highest BCUT2D eigenvalue weighted by molar-refractivity contribution is 5.83. The van der Waals surface area contributed by atoms with E-state index in [0.717, 1.165) is 12.8 Å². The van der Waals surface area contributed by atoms with Gasteiger partial charge in [-0.25, -0.2) is 23.1 Å². The van der Waals surface area contributed by atoms with Crippen LogP contribution < -0.4 is 26.6 Å². The summed E-state index contributed by atoms with van der Waals surface area (Å²) in [5.74, 6) is -2.41. The van der Waals surface area contributed by atoms with E-state index < -0.39 is 23.1 Å². The van der Waals surface area contributed by atoms with Crippen LogP contribution in [0.15, 0.2) is 23.3 Å².